The van der Waals surface area contributed by atoms with Crippen LogP contribution in [0.5, 0.6) is 5.75 Å². The summed E-state index contributed by atoms with van der Waals surface area (Å²) in [4.78, 5) is 4.74. The van der Waals surface area contributed by atoms with Gasteiger partial charge in [-0.1, -0.05) is 18.2 Å². The van der Waals surface area contributed by atoms with Crippen LogP contribution >= 0.6 is 11.8 Å². The van der Waals surface area contributed by atoms with E-state index in [1.165, 1.54) is 0 Å². The van der Waals surface area contributed by atoms with E-state index >= 15 is 0 Å². The molecule has 1 aromatic carbocycles. The average Bonchev–Trinajstić information content (AvgIpc) is 3.00. The molecule has 1 aromatic heterocycles. The lowest BCUT2D eigenvalue weighted by molar-refractivity contribution is 0.336. The minimum Gasteiger partial charge on any atom is -0.494 e. The highest BCUT2D eigenvalue weighted by molar-refractivity contribution is 7.98. The summed E-state index contributed by atoms with van der Waals surface area (Å²) >= 11 is 1.85. The number of aliphatic imine (C=N–C) groups is 1. The van der Waals surface area contributed by atoms with E-state index in [-0.39, 0.29) is 0 Å². The topological polar surface area (TPSA) is 76.4 Å². The SMILES string of the molecule is CCOc1ccccc1CN=C(NCCCSC)NCc1nnc(C)n1C. The number of nitrogens with zero attached hydrogens (tertiary/aromatic N) is 4. The van der Waals surface area contributed by atoms with Crippen LogP contribution in [0.25, 0.3) is 0 Å². The maximum Gasteiger partial charge on any atom is 0.191 e. The minimum absolute atomic E-state index is 0.547. The van der Waals surface area contributed by atoms with Crippen molar-refractivity contribution in [1.29, 1.82) is 0 Å². The van der Waals surface area contributed by atoms with Crippen molar-refractivity contribution in [2.45, 2.75) is 33.4 Å². The molecule has 0 radical (unpaired) electrons. The number of ether oxygens (including phenoxy) is 1. The summed E-state index contributed by atoms with van der Waals surface area (Å²) in [7, 11) is 1.97. The fourth-order valence-electron chi connectivity index (χ4n) is 2.46. The molecule has 0 aliphatic carbocycles. The molecule has 0 fully saturated rings. The molecule has 0 bridgehead atoms. The lowest BCUT2D eigenvalue weighted by Crippen LogP contribution is -2.38. The summed E-state index contributed by atoms with van der Waals surface area (Å²) in [6.07, 6.45) is 3.20. The van der Waals surface area contributed by atoms with Crippen LogP contribution in [0.15, 0.2) is 29.3 Å². The monoisotopic (exact) mass is 390 g/mol. The zero-order valence-electron chi connectivity index (χ0n) is 16.7. The van der Waals surface area contributed by atoms with Crippen LogP contribution in [0.2, 0.25) is 0 Å². The number of nitrogens with one attached hydrogen (secondary N) is 2. The molecule has 2 N–H and O–H groups in total. The van der Waals surface area contributed by atoms with Gasteiger partial charge in [0.15, 0.2) is 11.8 Å². The summed E-state index contributed by atoms with van der Waals surface area (Å²) in [5, 5.41) is 15.1. The van der Waals surface area contributed by atoms with Gasteiger partial charge in [-0.2, -0.15) is 11.8 Å². The Kier molecular flexibility index (Phi) is 8.97. The predicted octanol–water partition coefficient (Wildman–Crippen LogP) is 2.51. The molecule has 0 unspecified atom stereocenters. The molecule has 0 amide bonds. The van der Waals surface area contributed by atoms with Gasteiger partial charge >= 0.3 is 0 Å². The van der Waals surface area contributed by atoms with E-state index in [0.717, 1.165) is 47.6 Å². The van der Waals surface area contributed by atoms with Gasteiger partial charge < -0.3 is 19.9 Å². The van der Waals surface area contributed by atoms with Gasteiger partial charge in [0.2, 0.25) is 0 Å². The summed E-state index contributed by atoms with van der Waals surface area (Å²) in [6, 6.07) is 8.02. The van der Waals surface area contributed by atoms with Gasteiger partial charge in [0, 0.05) is 19.2 Å². The molecule has 0 aliphatic heterocycles. The Hall–Kier alpha value is -2.22. The minimum atomic E-state index is 0.547. The van der Waals surface area contributed by atoms with Crippen LogP contribution in [-0.4, -0.2) is 45.9 Å². The third-order valence-electron chi connectivity index (χ3n) is 4.09. The van der Waals surface area contributed by atoms with Crippen LogP contribution in [0, 0.1) is 6.92 Å². The Morgan fingerprint density at radius 1 is 1.26 bits per heavy atom. The van der Waals surface area contributed by atoms with Crippen molar-refractivity contribution in [3.05, 3.63) is 41.5 Å². The van der Waals surface area contributed by atoms with Crippen molar-refractivity contribution in [2.24, 2.45) is 12.0 Å². The first-order chi connectivity index (χ1) is 13.2. The zero-order chi connectivity index (χ0) is 19.5. The fourth-order valence-corrected chi connectivity index (χ4v) is 2.89. The second-order valence-corrected chi connectivity index (χ2v) is 7.04. The van der Waals surface area contributed by atoms with Gasteiger partial charge in [-0.15, -0.1) is 10.2 Å². The largest absolute Gasteiger partial charge is 0.494 e. The van der Waals surface area contributed by atoms with E-state index < -0.39 is 0 Å². The number of rotatable bonds is 10. The van der Waals surface area contributed by atoms with Crippen LogP contribution in [0.1, 0.15) is 30.6 Å². The normalized spacial score (nSPS) is 11.5. The highest BCUT2D eigenvalue weighted by Crippen LogP contribution is 2.18. The molecule has 2 rings (SSSR count). The van der Waals surface area contributed by atoms with E-state index in [2.05, 4.69) is 27.1 Å². The lowest BCUT2D eigenvalue weighted by atomic mass is 10.2. The number of benzene rings is 1. The van der Waals surface area contributed by atoms with Crippen LogP contribution in [0.4, 0.5) is 0 Å². The number of aryl methyl sites for hydroxylation is 1. The molecule has 2 aromatic rings. The van der Waals surface area contributed by atoms with Gasteiger partial charge in [-0.25, -0.2) is 4.99 Å². The Morgan fingerprint density at radius 3 is 2.78 bits per heavy atom. The Labute approximate surface area is 166 Å². The molecular formula is C19H30N6OS. The number of para-hydroxylation sites is 1. The summed E-state index contributed by atoms with van der Waals surface area (Å²) in [5.41, 5.74) is 1.07. The molecule has 27 heavy (non-hydrogen) atoms. The van der Waals surface area contributed by atoms with Crippen LogP contribution in [0.3, 0.4) is 0 Å². The van der Waals surface area contributed by atoms with Gasteiger partial charge in [0.1, 0.15) is 11.6 Å². The molecule has 8 heteroatoms. The van der Waals surface area contributed by atoms with E-state index in [1.54, 1.807) is 0 Å². The van der Waals surface area contributed by atoms with E-state index in [4.69, 9.17) is 9.73 Å². The van der Waals surface area contributed by atoms with Crippen molar-refractivity contribution < 1.29 is 4.74 Å². The van der Waals surface area contributed by atoms with Crippen LogP contribution in [-0.2, 0) is 20.1 Å². The third-order valence-corrected chi connectivity index (χ3v) is 4.79. The number of hydrogen-bond donors (Lipinski definition) is 2. The molecule has 0 aliphatic rings. The number of guanidine groups is 1. The van der Waals surface area contributed by atoms with E-state index in [0.29, 0.717) is 19.7 Å². The Morgan fingerprint density at radius 2 is 2.07 bits per heavy atom. The molecule has 7 nitrogen and oxygen atoms in total. The molecule has 0 saturated heterocycles. The maximum atomic E-state index is 5.70. The Balaban J connectivity index is 2.04. The zero-order valence-corrected chi connectivity index (χ0v) is 17.5. The fraction of sp³-hybridized carbons (Fsp3) is 0.526. The van der Waals surface area contributed by atoms with Crippen molar-refractivity contribution in [3.63, 3.8) is 0 Å². The highest BCUT2D eigenvalue weighted by Gasteiger charge is 2.07. The molecule has 148 valence electrons. The van der Waals surface area contributed by atoms with Gasteiger partial charge in [0.25, 0.3) is 0 Å². The number of aromatic nitrogens is 3. The van der Waals surface area contributed by atoms with Crippen molar-refractivity contribution >= 4 is 17.7 Å². The average molecular weight is 391 g/mol. The quantitative estimate of drug-likeness (QED) is 0.369. The van der Waals surface area contributed by atoms with E-state index in [1.807, 2.05) is 61.5 Å². The first-order valence-corrected chi connectivity index (χ1v) is 10.6. The molecule has 0 atom stereocenters. The maximum absolute atomic E-state index is 5.70. The smallest absolute Gasteiger partial charge is 0.191 e. The van der Waals surface area contributed by atoms with Gasteiger partial charge in [-0.05, 0) is 38.3 Å². The first-order valence-electron chi connectivity index (χ1n) is 9.22. The van der Waals surface area contributed by atoms with Crippen LogP contribution < -0.4 is 15.4 Å². The third kappa shape index (κ3) is 6.78. The molecule has 0 spiro atoms. The molecular weight excluding hydrogens is 360 g/mol. The predicted molar refractivity (Wildman–Crippen MR) is 112 cm³/mol. The summed E-state index contributed by atoms with van der Waals surface area (Å²) < 4.78 is 7.67. The summed E-state index contributed by atoms with van der Waals surface area (Å²) in [5.74, 6) is 4.54. The van der Waals surface area contributed by atoms with Crippen molar-refractivity contribution in [1.82, 2.24) is 25.4 Å². The van der Waals surface area contributed by atoms with Crippen molar-refractivity contribution in [3.8, 4) is 5.75 Å². The molecule has 0 saturated carbocycles. The van der Waals surface area contributed by atoms with E-state index in [9.17, 15) is 0 Å². The first kappa shape index (κ1) is 21.1. The second kappa shape index (κ2) is 11.5. The molecule has 1 heterocycles. The highest BCUT2D eigenvalue weighted by atomic mass is 32.2. The lowest BCUT2D eigenvalue weighted by Gasteiger charge is -2.13. The van der Waals surface area contributed by atoms with Gasteiger partial charge in [0.05, 0.1) is 19.7 Å². The number of thioether (sulfide) groups is 1. The van der Waals surface area contributed by atoms with Crippen molar-refractivity contribution in [2.75, 3.05) is 25.2 Å². The summed E-state index contributed by atoms with van der Waals surface area (Å²) in [6.45, 7) is 6.56. The Bertz CT molecular complexity index is 731. The second-order valence-electron chi connectivity index (χ2n) is 6.05. The standard InChI is InChI=1S/C19H30N6OS/c1-5-26-17-10-7-6-9-16(17)13-21-19(20-11-8-12-27-4)22-14-18-24-23-15(2)25(18)3/h6-7,9-10H,5,8,11-14H2,1-4H3,(H2,20,21,22). The van der Waals surface area contributed by atoms with Gasteiger partial charge in [-0.3, -0.25) is 0 Å². The number of hydrogen-bond acceptors (Lipinski definition) is 5.